The first kappa shape index (κ1) is 28.3. The number of Topliss-reactive ketones (excluding diaryl/α,β-unsaturated/α-hetero) is 1. The maximum absolute atomic E-state index is 15.1. The molecule has 0 fully saturated rings. The molecule has 3 atom stereocenters. The number of allylic oxidation sites excluding steroid dienone is 1. The minimum absolute atomic E-state index is 0.0901. The Morgan fingerprint density at radius 3 is 2.53 bits per heavy atom. The number of aryl methyl sites for hydroxylation is 1. The van der Waals surface area contributed by atoms with Gasteiger partial charge in [0.2, 0.25) is 0 Å². The monoisotopic (exact) mass is 495 g/mol. The van der Waals surface area contributed by atoms with E-state index in [0.29, 0.717) is 25.0 Å². The maximum atomic E-state index is 15.1. The van der Waals surface area contributed by atoms with Crippen molar-refractivity contribution >= 4 is 29.2 Å². The molecule has 34 heavy (non-hydrogen) atoms. The number of thiazole rings is 1. The smallest absolute Gasteiger partial charge is 0.306 e. The summed E-state index contributed by atoms with van der Waals surface area (Å²) in [5, 5.41) is 24.0. The van der Waals surface area contributed by atoms with Crippen LogP contribution in [0.2, 0.25) is 0 Å². The van der Waals surface area contributed by atoms with Gasteiger partial charge in [-0.2, -0.15) is 0 Å². The van der Waals surface area contributed by atoms with Crippen LogP contribution in [0.15, 0.2) is 22.9 Å². The number of ether oxygens (including phenoxy) is 1. The normalized spacial score (nSPS) is 27.7. The highest BCUT2D eigenvalue weighted by Gasteiger charge is 2.45. The van der Waals surface area contributed by atoms with Crippen molar-refractivity contribution in [2.45, 2.75) is 92.0 Å². The number of halogens is 1. The van der Waals surface area contributed by atoms with E-state index in [9.17, 15) is 19.8 Å². The first-order chi connectivity index (χ1) is 15.7. The van der Waals surface area contributed by atoms with Crippen LogP contribution in [0.25, 0.3) is 6.08 Å². The van der Waals surface area contributed by atoms with Crippen molar-refractivity contribution in [3.8, 4) is 0 Å². The zero-order valence-electron chi connectivity index (χ0n) is 21.1. The van der Waals surface area contributed by atoms with Crippen LogP contribution in [0.5, 0.6) is 0 Å². The minimum Gasteiger partial charge on any atom is -0.455 e. The van der Waals surface area contributed by atoms with Crippen molar-refractivity contribution in [2.24, 2.45) is 17.3 Å². The highest BCUT2D eigenvalue weighted by atomic mass is 32.1. The van der Waals surface area contributed by atoms with Gasteiger partial charge in [-0.25, -0.2) is 9.37 Å². The van der Waals surface area contributed by atoms with Gasteiger partial charge in [0.15, 0.2) is 11.9 Å². The van der Waals surface area contributed by atoms with Gasteiger partial charge in [-0.15, -0.1) is 11.3 Å². The molecule has 2 N–H and O–H groups in total. The quantitative estimate of drug-likeness (QED) is 0.318. The summed E-state index contributed by atoms with van der Waals surface area (Å²) in [6, 6.07) is 0. The molecule has 8 heteroatoms. The van der Waals surface area contributed by atoms with Crippen LogP contribution in [0, 0.1) is 24.2 Å². The summed E-state index contributed by atoms with van der Waals surface area (Å²) in [5.74, 6) is -5.19. The summed E-state index contributed by atoms with van der Waals surface area (Å²) in [6.07, 6.45) is 4.19. The third-order valence-corrected chi connectivity index (χ3v) is 7.56. The van der Waals surface area contributed by atoms with Crippen molar-refractivity contribution in [1.82, 2.24) is 4.98 Å². The molecule has 0 saturated carbocycles. The predicted molar refractivity (Wildman–Crippen MR) is 132 cm³/mol. The number of aromatic nitrogens is 1. The average molecular weight is 496 g/mol. The van der Waals surface area contributed by atoms with Crippen LogP contribution in [-0.4, -0.2) is 38.8 Å². The Bertz CT molecular complexity index is 933. The van der Waals surface area contributed by atoms with Crippen molar-refractivity contribution in [1.29, 1.82) is 0 Å². The molecule has 2 heterocycles. The molecule has 0 aliphatic carbocycles. The molecule has 0 aromatic carbocycles. The van der Waals surface area contributed by atoms with E-state index in [1.807, 2.05) is 19.9 Å². The van der Waals surface area contributed by atoms with E-state index in [-0.39, 0.29) is 25.0 Å². The van der Waals surface area contributed by atoms with Gasteiger partial charge in [0.1, 0.15) is 11.6 Å². The van der Waals surface area contributed by atoms with E-state index in [1.54, 1.807) is 26.2 Å². The number of carbonyl (C=O) groups excluding carboxylic acids is 2. The van der Waals surface area contributed by atoms with Gasteiger partial charge in [-0.1, -0.05) is 39.3 Å². The van der Waals surface area contributed by atoms with E-state index in [1.165, 1.54) is 24.3 Å². The third kappa shape index (κ3) is 7.55. The molecule has 1 aliphatic rings. The largest absolute Gasteiger partial charge is 0.455 e. The summed E-state index contributed by atoms with van der Waals surface area (Å²) in [4.78, 5) is 30.0. The fraction of sp³-hybridized carbons (Fsp3) is 0.654. The Morgan fingerprint density at radius 2 is 1.91 bits per heavy atom. The maximum Gasteiger partial charge on any atom is 0.306 e. The zero-order valence-corrected chi connectivity index (χ0v) is 21.9. The number of esters is 1. The molecule has 0 amide bonds. The van der Waals surface area contributed by atoms with Gasteiger partial charge >= 0.3 is 5.97 Å². The number of hydrogen-bond acceptors (Lipinski definition) is 7. The SMILES string of the molecule is CC1=CCC(C(F)=Cc2csc(C)n2)OC(=O)CCC(C)(C)C(=O)C(C)C(O)(O)C(C)CCC1. The molecule has 0 bridgehead atoms. The third-order valence-electron chi connectivity index (χ3n) is 6.77. The van der Waals surface area contributed by atoms with E-state index in [4.69, 9.17) is 4.74 Å². The van der Waals surface area contributed by atoms with E-state index < -0.39 is 40.9 Å². The Hall–Kier alpha value is -1.90. The van der Waals surface area contributed by atoms with Crippen molar-refractivity contribution in [3.63, 3.8) is 0 Å². The van der Waals surface area contributed by atoms with Crippen LogP contribution in [0.1, 0.15) is 83.8 Å². The Kier molecular flexibility index (Phi) is 9.74. The molecule has 3 unspecified atom stereocenters. The number of nitrogens with zero attached hydrogens (tertiary/aromatic N) is 1. The lowest BCUT2D eigenvalue weighted by atomic mass is 9.73. The highest BCUT2D eigenvalue weighted by Crippen LogP contribution is 2.36. The molecule has 190 valence electrons. The molecular formula is C26H38FNO5S. The standard InChI is InChI=1S/C26H38FNO5S/c1-16-8-7-9-17(2)26(31,32)18(3)24(30)25(5,6)13-12-23(29)33-22(11-10-16)21(27)14-20-15-34-19(4)28-20/h10,14-15,17-18,22,31-32H,7-9,11-13H2,1-6H3. The van der Waals surface area contributed by atoms with E-state index >= 15 is 4.39 Å². The second-order valence-electron chi connectivity index (χ2n) is 10.1. The van der Waals surface area contributed by atoms with E-state index in [0.717, 1.165) is 10.6 Å². The fourth-order valence-corrected chi connectivity index (χ4v) is 4.74. The van der Waals surface area contributed by atoms with Gasteiger partial charge in [0.05, 0.1) is 16.6 Å². The molecular weight excluding hydrogens is 457 g/mol. The first-order valence-corrected chi connectivity index (χ1v) is 12.8. The Balaban J connectivity index is 2.31. The van der Waals surface area contributed by atoms with Gasteiger partial charge < -0.3 is 14.9 Å². The van der Waals surface area contributed by atoms with Crippen molar-refractivity contribution in [2.75, 3.05) is 0 Å². The predicted octanol–water partition coefficient (Wildman–Crippen LogP) is 5.52. The second-order valence-corrected chi connectivity index (χ2v) is 11.2. The Morgan fingerprint density at radius 1 is 1.24 bits per heavy atom. The van der Waals surface area contributed by atoms with Crippen LogP contribution in [0.3, 0.4) is 0 Å². The van der Waals surface area contributed by atoms with Crippen LogP contribution < -0.4 is 0 Å². The van der Waals surface area contributed by atoms with Crippen LogP contribution >= 0.6 is 11.3 Å². The fourth-order valence-electron chi connectivity index (χ4n) is 4.17. The molecule has 1 aromatic heterocycles. The number of cyclic esters (lactones) is 1. The average Bonchev–Trinajstić information content (AvgIpc) is 3.17. The molecule has 6 nitrogen and oxygen atoms in total. The summed E-state index contributed by atoms with van der Waals surface area (Å²) < 4.78 is 20.6. The summed E-state index contributed by atoms with van der Waals surface area (Å²) in [5.41, 5.74) is 0.490. The van der Waals surface area contributed by atoms with Crippen LogP contribution in [0.4, 0.5) is 4.39 Å². The van der Waals surface area contributed by atoms with Crippen molar-refractivity contribution < 1.29 is 28.9 Å². The van der Waals surface area contributed by atoms with E-state index in [2.05, 4.69) is 4.98 Å². The number of aliphatic hydroxyl groups is 2. The summed E-state index contributed by atoms with van der Waals surface area (Å²) >= 11 is 1.41. The number of rotatable bonds is 2. The minimum atomic E-state index is -2.14. The number of ketones is 1. The molecule has 1 aromatic rings. The molecule has 2 rings (SSSR count). The summed E-state index contributed by atoms with van der Waals surface area (Å²) in [7, 11) is 0. The highest BCUT2D eigenvalue weighted by molar-refractivity contribution is 7.09. The van der Waals surface area contributed by atoms with Crippen LogP contribution in [-0.2, 0) is 14.3 Å². The molecule has 0 spiro atoms. The molecule has 0 saturated heterocycles. The Labute approximate surface area is 205 Å². The van der Waals surface area contributed by atoms with Gasteiger partial charge in [0.25, 0.3) is 0 Å². The van der Waals surface area contributed by atoms with Gasteiger partial charge in [-0.05, 0) is 39.5 Å². The summed E-state index contributed by atoms with van der Waals surface area (Å²) in [6.45, 7) is 10.4. The second kappa shape index (κ2) is 11.7. The lowest BCUT2D eigenvalue weighted by Gasteiger charge is -2.37. The molecule has 1 aliphatic heterocycles. The lowest BCUT2D eigenvalue weighted by Crippen LogP contribution is -2.49. The lowest BCUT2D eigenvalue weighted by molar-refractivity contribution is -0.230. The number of hydrogen-bond donors (Lipinski definition) is 2. The zero-order chi connectivity index (χ0) is 25.7. The number of carbonyl (C=O) groups is 2. The topological polar surface area (TPSA) is 96.7 Å². The first-order valence-electron chi connectivity index (χ1n) is 11.9. The van der Waals surface area contributed by atoms with Crippen molar-refractivity contribution in [3.05, 3.63) is 33.6 Å². The van der Waals surface area contributed by atoms with Gasteiger partial charge in [0, 0.05) is 35.6 Å². The molecule has 0 radical (unpaired) electrons. The van der Waals surface area contributed by atoms with Gasteiger partial charge in [-0.3, -0.25) is 9.59 Å².